The van der Waals surface area contributed by atoms with Gasteiger partial charge < -0.3 is 36.1 Å². The minimum atomic E-state index is -6.17. The molecule has 6 aromatic carbocycles. The highest BCUT2D eigenvalue weighted by molar-refractivity contribution is 6.13. The number of anilines is 3. The molecule has 2 aliphatic rings. The van der Waals surface area contributed by atoms with Gasteiger partial charge in [-0.1, -0.05) is 84.9 Å². The number of halogens is 6. The van der Waals surface area contributed by atoms with E-state index < -0.39 is 71.5 Å². The highest BCUT2D eigenvalue weighted by atomic mass is 19.4. The quantitative estimate of drug-likeness (QED) is 0.0618. The minimum absolute atomic E-state index is 0.0237. The van der Waals surface area contributed by atoms with E-state index in [2.05, 4.69) is 25.3 Å². The maximum absolute atomic E-state index is 13.4. The number of nitrogens with two attached hydrogens (primary N) is 1. The molecule has 4 heterocycles. The number of H-pyrrole nitrogens is 2. The van der Waals surface area contributed by atoms with Gasteiger partial charge in [-0.3, -0.25) is 39.6 Å². The van der Waals surface area contributed by atoms with E-state index in [0.29, 0.717) is 33.3 Å². The van der Waals surface area contributed by atoms with Crippen LogP contribution in [0.4, 0.5) is 48.7 Å². The Labute approximate surface area is 411 Å². The van der Waals surface area contributed by atoms with Crippen molar-refractivity contribution >= 4 is 69.4 Å². The summed E-state index contributed by atoms with van der Waals surface area (Å²) in [5.41, 5.74) is 0.456. The van der Waals surface area contributed by atoms with Gasteiger partial charge in [0.1, 0.15) is 0 Å². The number of carboxylic acid groups (broad SMARTS) is 1. The van der Waals surface area contributed by atoms with Crippen molar-refractivity contribution in [3.8, 4) is 0 Å². The summed E-state index contributed by atoms with van der Waals surface area (Å²) in [7, 11) is 0. The number of aromatic amines is 2. The number of aliphatic hydroxyl groups is 3. The minimum Gasteiger partial charge on any atom is -0.465 e. The standard InChI is InChI=1S/C27H20F6N4O4.C23H17N5O5/c28-26(29,30)24(40,27(31,32)33)13-21(38)36-23-34-19-11-10-16(12-20(19)35-23)25(41)18-9-5-4-8-17(18)22(39)37(25)14-15-6-2-1-3-7-15;24-19(29)12-4-3-5-14(10-12)28-20(30)15-6-1-2-7-16(15)23(28,33)13-8-9-17-18(11-13)26-21(25-17)27-22(31)32/h1-12,40-41H,13-14H2,(H2,34,35,36,38);1-11,33H,(H2,24,29)(H,31,32)(H2,25,26,27). The highest BCUT2D eigenvalue weighted by Gasteiger charge is 2.71. The Morgan fingerprint density at radius 3 is 1.70 bits per heavy atom. The zero-order valence-corrected chi connectivity index (χ0v) is 37.7. The number of fused-ring (bicyclic) bond motifs is 4. The van der Waals surface area contributed by atoms with Gasteiger partial charge >= 0.3 is 18.4 Å². The van der Waals surface area contributed by atoms with E-state index in [-0.39, 0.29) is 45.9 Å². The van der Waals surface area contributed by atoms with Gasteiger partial charge in [-0.15, -0.1) is 0 Å². The van der Waals surface area contributed by atoms with Gasteiger partial charge in [0.05, 0.1) is 28.5 Å². The predicted molar refractivity (Wildman–Crippen MR) is 251 cm³/mol. The van der Waals surface area contributed by atoms with Crippen molar-refractivity contribution in [3.05, 3.63) is 184 Å². The number of hydrogen-bond acceptors (Lipinski definition) is 10. The van der Waals surface area contributed by atoms with Gasteiger partial charge in [0.15, 0.2) is 11.4 Å². The van der Waals surface area contributed by atoms with Crippen molar-refractivity contribution < 1.29 is 70.7 Å². The van der Waals surface area contributed by atoms with Crippen LogP contribution < -0.4 is 21.3 Å². The van der Waals surface area contributed by atoms with Gasteiger partial charge in [-0.2, -0.15) is 26.3 Å². The molecule has 0 bridgehead atoms. The Bertz CT molecular complexity index is 3550. The summed E-state index contributed by atoms with van der Waals surface area (Å²) >= 11 is 0. The van der Waals surface area contributed by atoms with E-state index in [1.54, 1.807) is 115 Å². The molecule has 8 aromatic rings. The molecule has 18 nitrogen and oxygen atoms in total. The summed E-state index contributed by atoms with van der Waals surface area (Å²) in [5, 5.41) is 46.3. The molecule has 24 heteroatoms. The summed E-state index contributed by atoms with van der Waals surface area (Å²) in [6, 6.07) is 37.2. The zero-order chi connectivity index (χ0) is 53.1. The maximum atomic E-state index is 13.4. The number of amides is 5. The van der Waals surface area contributed by atoms with Crippen LogP contribution in [0.2, 0.25) is 0 Å². The molecule has 2 aliphatic heterocycles. The number of hydrogen-bond donors (Lipinski definition) is 9. The number of nitrogens with one attached hydrogen (secondary N) is 4. The molecule has 2 aromatic heterocycles. The van der Waals surface area contributed by atoms with Crippen molar-refractivity contribution in [1.82, 2.24) is 24.8 Å². The Hall–Kier alpha value is -9.13. The zero-order valence-electron chi connectivity index (χ0n) is 37.7. The van der Waals surface area contributed by atoms with Crippen molar-refractivity contribution in [2.24, 2.45) is 5.73 Å². The third-order valence-electron chi connectivity index (χ3n) is 12.4. The van der Waals surface area contributed by atoms with Gasteiger partial charge in [0.2, 0.25) is 23.7 Å². The molecular formula is C50H37F6N9O9. The second-order valence-electron chi connectivity index (χ2n) is 17.0. The number of carbonyl (C=O) groups is 5. The Balaban J connectivity index is 0.000000186. The first kappa shape index (κ1) is 49.8. The summed E-state index contributed by atoms with van der Waals surface area (Å²) in [4.78, 5) is 77.5. The SMILES string of the molecule is NC(=O)c1cccc(N2C(=O)c3ccccc3C2(O)c2ccc3nc(NC(=O)O)[nH]c3c2)c1.O=C(CC(O)(C(F)(F)F)C(F)(F)F)Nc1nc2ccc(C3(O)c4ccccc4C(=O)N3Cc3ccccc3)cc2[nH]1. The monoisotopic (exact) mass is 1020 g/mol. The van der Waals surface area contributed by atoms with E-state index in [0.717, 1.165) is 5.56 Å². The van der Waals surface area contributed by atoms with Crippen molar-refractivity contribution in [1.29, 1.82) is 0 Å². The number of aromatic nitrogens is 4. The molecule has 0 aliphatic carbocycles. The lowest BCUT2D eigenvalue weighted by Gasteiger charge is -2.35. The highest BCUT2D eigenvalue weighted by Crippen LogP contribution is 2.48. The van der Waals surface area contributed by atoms with E-state index in [1.807, 2.05) is 0 Å². The van der Waals surface area contributed by atoms with Crippen molar-refractivity contribution in [2.45, 2.75) is 42.4 Å². The number of rotatable bonds is 10. The first-order valence-electron chi connectivity index (χ1n) is 21.8. The lowest BCUT2D eigenvalue weighted by atomic mass is 9.93. The molecule has 378 valence electrons. The number of carbonyl (C=O) groups excluding carboxylic acids is 4. The molecule has 74 heavy (non-hydrogen) atoms. The number of imidazole rings is 2. The van der Waals surface area contributed by atoms with E-state index >= 15 is 0 Å². The fraction of sp³-hybridized carbons (Fsp3) is 0.140. The van der Waals surface area contributed by atoms with Gasteiger partial charge in [0, 0.05) is 51.2 Å². The second-order valence-corrected chi connectivity index (χ2v) is 17.0. The molecule has 0 saturated heterocycles. The molecule has 2 unspecified atom stereocenters. The maximum Gasteiger partial charge on any atom is 0.426 e. The molecule has 2 atom stereocenters. The Morgan fingerprint density at radius 1 is 0.635 bits per heavy atom. The third-order valence-corrected chi connectivity index (χ3v) is 12.4. The van der Waals surface area contributed by atoms with Crippen LogP contribution in [-0.4, -0.2) is 92.9 Å². The van der Waals surface area contributed by atoms with E-state index in [1.165, 1.54) is 40.1 Å². The fourth-order valence-corrected chi connectivity index (χ4v) is 8.87. The summed E-state index contributed by atoms with van der Waals surface area (Å²) in [6.45, 7) is 0.0362. The fourth-order valence-electron chi connectivity index (χ4n) is 8.87. The van der Waals surface area contributed by atoms with Gasteiger partial charge in [-0.05, 0) is 60.2 Å². The molecule has 0 saturated carbocycles. The molecule has 10 N–H and O–H groups in total. The Kier molecular flexibility index (Phi) is 12.2. The van der Waals surface area contributed by atoms with Crippen LogP contribution in [0.25, 0.3) is 22.1 Å². The smallest absolute Gasteiger partial charge is 0.426 e. The third kappa shape index (κ3) is 8.54. The predicted octanol–water partition coefficient (Wildman–Crippen LogP) is 7.20. The van der Waals surface area contributed by atoms with Crippen LogP contribution in [0.15, 0.2) is 140 Å². The van der Waals surface area contributed by atoms with Crippen LogP contribution in [0, 0.1) is 0 Å². The molecule has 0 spiro atoms. The van der Waals surface area contributed by atoms with Crippen LogP contribution in [0.5, 0.6) is 0 Å². The average Bonchev–Trinajstić information content (AvgIpc) is 4.07. The van der Waals surface area contributed by atoms with E-state index in [4.69, 9.17) is 10.8 Å². The Morgan fingerprint density at radius 2 is 1.15 bits per heavy atom. The summed E-state index contributed by atoms with van der Waals surface area (Å²) < 4.78 is 77.8. The van der Waals surface area contributed by atoms with Gasteiger partial charge in [-0.25, -0.2) is 14.8 Å². The van der Waals surface area contributed by atoms with Crippen LogP contribution >= 0.6 is 0 Å². The molecule has 5 amide bonds. The van der Waals surface area contributed by atoms with E-state index in [9.17, 15) is 65.6 Å². The molecular weight excluding hydrogens is 985 g/mol. The van der Waals surface area contributed by atoms with Crippen LogP contribution in [-0.2, 0) is 22.8 Å². The van der Waals surface area contributed by atoms with Crippen LogP contribution in [0.1, 0.15) is 65.3 Å². The molecule has 0 radical (unpaired) electrons. The van der Waals surface area contributed by atoms with Crippen molar-refractivity contribution in [3.63, 3.8) is 0 Å². The molecule has 0 fully saturated rings. The number of benzene rings is 6. The van der Waals surface area contributed by atoms with Gasteiger partial charge in [0.25, 0.3) is 17.4 Å². The lowest BCUT2D eigenvalue weighted by Crippen LogP contribution is -2.58. The average molecular weight is 1020 g/mol. The first-order valence-corrected chi connectivity index (χ1v) is 21.8. The lowest BCUT2D eigenvalue weighted by molar-refractivity contribution is -0.366. The first-order chi connectivity index (χ1) is 34.9. The topological polar surface area (TPSA) is 280 Å². The normalized spacial score (nSPS) is 17.5. The van der Waals surface area contributed by atoms with Crippen molar-refractivity contribution in [2.75, 3.05) is 15.5 Å². The summed E-state index contributed by atoms with van der Waals surface area (Å²) in [5.74, 6) is -3.83. The van der Waals surface area contributed by atoms with Crippen LogP contribution in [0.3, 0.4) is 0 Å². The number of primary amides is 1. The molecule has 10 rings (SSSR count). The number of nitrogens with zero attached hydrogens (tertiary/aromatic N) is 4. The largest absolute Gasteiger partial charge is 0.465 e. The summed E-state index contributed by atoms with van der Waals surface area (Å²) in [6.07, 6.45) is -16.0. The second kappa shape index (κ2) is 18.2. The number of alkyl halides is 6.